The summed E-state index contributed by atoms with van der Waals surface area (Å²) in [4.78, 5) is 13.4. The second-order valence-corrected chi connectivity index (χ2v) is 7.80. The lowest BCUT2D eigenvalue weighted by molar-refractivity contribution is 0.102. The van der Waals surface area contributed by atoms with E-state index in [-0.39, 0.29) is 5.91 Å². The quantitative estimate of drug-likeness (QED) is 0.457. The van der Waals surface area contributed by atoms with Crippen LogP contribution in [0.3, 0.4) is 0 Å². The molecule has 0 saturated heterocycles. The second-order valence-electron chi connectivity index (χ2n) is 5.40. The SMILES string of the molecule is O=C(Nc1ccc(Br)cc1)c1ccc(CSc2ccc(Cl)cc2)cc1. The number of thioether (sulfide) groups is 1. The van der Waals surface area contributed by atoms with Crippen molar-refractivity contribution in [1.82, 2.24) is 0 Å². The van der Waals surface area contributed by atoms with Crippen LogP contribution in [0.1, 0.15) is 15.9 Å². The lowest BCUT2D eigenvalue weighted by atomic mass is 10.1. The molecular formula is C20H15BrClNOS. The Morgan fingerprint density at radius 1 is 0.920 bits per heavy atom. The minimum atomic E-state index is -0.112. The molecule has 0 unspecified atom stereocenters. The van der Waals surface area contributed by atoms with Gasteiger partial charge in [-0.05, 0) is 66.2 Å². The standard InChI is InChI=1S/C20H15BrClNOS/c21-16-5-9-18(10-6-16)23-20(24)15-3-1-14(2-4-15)13-25-19-11-7-17(22)8-12-19/h1-12H,13H2,(H,23,24). The van der Waals surface area contributed by atoms with Crippen LogP contribution in [0.4, 0.5) is 5.69 Å². The van der Waals surface area contributed by atoms with Gasteiger partial charge in [-0.2, -0.15) is 0 Å². The molecule has 25 heavy (non-hydrogen) atoms. The van der Waals surface area contributed by atoms with E-state index in [1.807, 2.05) is 72.8 Å². The lowest BCUT2D eigenvalue weighted by Gasteiger charge is -2.07. The van der Waals surface area contributed by atoms with Crippen molar-refractivity contribution in [2.75, 3.05) is 5.32 Å². The second kappa shape index (κ2) is 8.56. The molecule has 0 aromatic heterocycles. The fourth-order valence-corrected chi connectivity index (χ4v) is 3.43. The summed E-state index contributed by atoms with van der Waals surface area (Å²) >= 11 is 11.0. The Bertz CT molecular complexity index is 848. The number of benzene rings is 3. The van der Waals surface area contributed by atoms with Gasteiger partial charge >= 0.3 is 0 Å². The molecule has 1 N–H and O–H groups in total. The molecule has 3 rings (SSSR count). The van der Waals surface area contributed by atoms with Gasteiger partial charge in [0.2, 0.25) is 0 Å². The molecular weight excluding hydrogens is 418 g/mol. The van der Waals surface area contributed by atoms with Crippen molar-refractivity contribution in [3.05, 3.63) is 93.4 Å². The molecule has 126 valence electrons. The highest BCUT2D eigenvalue weighted by Crippen LogP contribution is 2.24. The van der Waals surface area contributed by atoms with Gasteiger partial charge in [-0.3, -0.25) is 4.79 Å². The van der Waals surface area contributed by atoms with E-state index in [0.717, 1.165) is 20.9 Å². The summed E-state index contributed by atoms with van der Waals surface area (Å²) in [6.45, 7) is 0. The number of anilines is 1. The van der Waals surface area contributed by atoms with Crippen molar-refractivity contribution in [1.29, 1.82) is 0 Å². The van der Waals surface area contributed by atoms with Gasteiger partial charge in [-0.1, -0.05) is 39.7 Å². The first-order valence-corrected chi connectivity index (χ1v) is 9.80. The van der Waals surface area contributed by atoms with E-state index >= 15 is 0 Å². The molecule has 0 atom stereocenters. The summed E-state index contributed by atoms with van der Waals surface area (Å²) in [5.74, 6) is 0.732. The number of amides is 1. The first kappa shape index (κ1) is 18.1. The maximum Gasteiger partial charge on any atom is 0.255 e. The Hall–Kier alpha value is -1.75. The molecule has 3 aromatic carbocycles. The van der Waals surface area contributed by atoms with Crippen LogP contribution >= 0.6 is 39.3 Å². The Balaban J connectivity index is 1.58. The van der Waals surface area contributed by atoms with Crippen molar-refractivity contribution in [3.8, 4) is 0 Å². The largest absolute Gasteiger partial charge is 0.322 e. The zero-order chi connectivity index (χ0) is 17.6. The van der Waals surface area contributed by atoms with Gasteiger partial charge in [-0.15, -0.1) is 11.8 Å². The Morgan fingerprint density at radius 2 is 1.56 bits per heavy atom. The van der Waals surface area contributed by atoms with E-state index in [1.54, 1.807) is 11.8 Å². The molecule has 5 heteroatoms. The van der Waals surface area contributed by atoms with Crippen LogP contribution < -0.4 is 5.32 Å². The average molecular weight is 433 g/mol. The maximum absolute atomic E-state index is 12.3. The van der Waals surface area contributed by atoms with Gasteiger partial charge in [0.05, 0.1) is 0 Å². The molecule has 2 nitrogen and oxygen atoms in total. The van der Waals surface area contributed by atoms with Crippen LogP contribution in [-0.4, -0.2) is 5.91 Å². The molecule has 0 aliphatic rings. The highest BCUT2D eigenvalue weighted by Gasteiger charge is 2.06. The summed E-state index contributed by atoms with van der Waals surface area (Å²) in [6, 6.07) is 23.0. The van der Waals surface area contributed by atoms with Gasteiger partial charge in [-0.25, -0.2) is 0 Å². The zero-order valence-corrected chi connectivity index (χ0v) is 16.4. The highest BCUT2D eigenvalue weighted by molar-refractivity contribution is 9.10. The number of carbonyl (C=O) groups is 1. The van der Waals surface area contributed by atoms with E-state index in [2.05, 4.69) is 21.2 Å². The van der Waals surface area contributed by atoms with Gasteiger partial charge in [0.1, 0.15) is 0 Å². The van der Waals surface area contributed by atoms with E-state index in [1.165, 1.54) is 10.5 Å². The van der Waals surface area contributed by atoms with Crippen molar-refractivity contribution < 1.29 is 4.79 Å². The molecule has 0 spiro atoms. The smallest absolute Gasteiger partial charge is 0.255 e. The molecule has 0 saturated carbocycles. The number of hydrogen-bond donors (Lipinski definition) is 1. The Labute approximate surface area is 164 Å². The molecule has 3 aromatic rings. The normalized spacial score (nSPS) is 10.5. The first-order valence-electron chi connectivity index (χ1n) is 7.64. The predicted octanol–water partition coefficient (Wildman–Crippen LogP) is 6.65. The zero-order valence-electron chi connectivity index (χ0n) is 13.2. The molecule has 1 amide bonds. The van der Waals surface area contributed by atoms with Crippen LogP contribution in [0, 0.1) is 0 Å². The summed E-state index contributed by atoms with van der Waals surface area (Å²) in [7, 11) is 0. The number of carbonyl (C=O) groups excluding carboxylic acids is 1. The fraction of sp³-hybridized carbons (Fsp3) is 0.0500. The molecule has 0 fully saturated rings. The van der Waals surface area contributed by atoms with E-state index < -0.39 is 0 Å². The first-order chi connectivity index (χ1) is 12.1. The Morgan fingerprint density at radius 3 is 2.20 bits per heavy atom. The van der Waals surface area contributed by atoms with Gasteiger partial charge < -0.3 is 5.32 Å². The van der Waals surface area contributed by atoms with Gasteiger partial charge in [0.15, 0.2) is 0 Å². The monoisotopic (exact) mass is 431 g/mol. The summed E-state index contributed by atoms with van der Waals surface area (Å²) in [6.07, 6.45) is 0. The third kappa shape index (κ3) is 5.36. The number of hydrogen-bond acceptors (Lipinski definition) is 2. The van der Waals surface area contributed by atoms with Crippen molar-refractivity contribution in [3.63, 3.8) is 0 Å². The van der Waals surface area contributed by atoms with Crippen molar-refractivity contribution in [2.45, 2.75) is 10.6 Å². The molecule has 0 bridgehead atoms. The average Bonchev–Trinajstić information content (AvgIpc) is 2.63. The highest BCUT2D eigenvalue weighted by atomic mass is 79.9. The lowest BCUT2D eigenvalue weighted by Crippen LogP contribution is -2.11. The molecule has 0 heterocycles. The number of nitrogens with one attached hydrogen (secondary N) is 1. The van der Waals surface area contributed by atoms with Crippen molar-refractivity contribution >= 4 is 50.9 Å². The van der Waals surface area contributed by atoms with Crippen molar-refractivity contribution in [2.24, 2.45) is 0 Å². The molecule has 0 aliphatic carbocycles. The van der Waals surface area contributed by atoms with Crippen LogP contribution in [0.5, 0.6) is 0 Å². The van der Waals surface area contributed by atoms with Crippen LogP contribution in [-0.2, 0) is 5.75 Å². The molecule has 0 radical (unpaired) electrons. The van der Waals surface area contributed by atoms with Gasteiger partial charge in [0.25, 0.3) is 5.91 Å². The maximum atomic E-state index is 12.3. The summed E-state index contributed by atoms with van der Waals surface area (Å²) in [5.41, 5.74) is 2.58. The van der Waals surface area contributed by atoms with Gasteiger partial charge in [0, 0.05) is 31.4 Å². The van der Waals surface area contributed by atoms with E-state index in [4.69, 9.17) is 11.6 Å². The topological polar surface area (TPSA) is 29.1 Å². The minimum Gasteiger partial charge on any atom is -0.322 e. The minimum absolute atomic E-state index is 0.112. The fourth-order valence-electron chi connectivity index (χ4n) is 2.19. The number of halogens is 2. The third-order valence-corrected chi connectivity index (χ3v) is 5.40. The number of rotatable bonds is 5. The van der Waals surface area contributed by atoms with Crippen LogP contribution in [0.2, 0.25) is 5.02 Å². The van der Waals surface area contributed by atoms with Crippen LogP contribution in [0.15, 0.2) is 82.2 Å². The van der Waals surface area contributed by atoms with E-state index in [0.29, 0.717) is 5.56 Å². The summed E-state index contributed by atoms with van der Waals surface area (Å²) in [5, 5.41) is 3.63. The summed E-state index contributed by atoms with van der Waals surface area (Å²) < 4.78 is 0.980. The van der Waals surface area contributed by atoms with Crippen LogP contribution in [0.25, 0.3) is 0 Å². The Kier molecular flexibility index (Phi) is 6.19. The third-order valence-electron chi connectivity index (χ3n) is 3.54. The van der Waals surface area contributed by atoms with E-state index in [9.17, 15) is 4.79 Å². The molecule has 0 aliphatic heterocycles. The predicted molar refractivity (Wildman–Crippen MR) is 110 cm³/mol.